The quantitative estimate of drug-likeness (QED) is 0.128. The maximum absolute atomic E-state index is 13.8. The van der Waals surface area contributed by atoms with Gasteiger partial charge in [0.2, 0.25) is 5.69 Å². The Morgan fingerprint density at radius 2 is 0.556 bits per heavy atom. The van der Waals surface area contributed by atoms with Gasteiger partial charge in [0.05, 0.1) is 51.8 Å². The van der Waals surface area contributed by atoms with Crippen molar-refractivity contribution in [1.29, 1.82) is 5.26 Å². The second-order valence-electron chi connectivity index (χ2n) is 33.2. The summed E-state index contributed by atoms with van der Waals surface area (Å²) in [4.78, 5) is 10.2. The molecule has 2 spiro atoms. The lowest BCUT2D eigenvalue weighted by molar-refractivity contribution is 0.225. The van der Waals surface area contributed by atoms with Crippen LogP contribution in [-0.2, 0) is 10.8 Å². The van der Waals surface area contributed by atoms with Crippen molar-refractivity contribution in [3.63, 3.8) is 0 Å². The zero-order valence-corrected chi connectivity index (χ0v) is 64.5. The van der Waals surface area contributed by atoms with Crippen LogP contribution in [0.5, 0.6) is 0 Å². The second-order valence-corrected chi connectivity index (χ2v) is 33.2. The van der Waals surface area contributed by atoms with Crippen molar-refractivity contribution in [2.45, 2.75) is 48.3 Å². The van der Waals surface area contributed by atoms with Crippen LogP contribution < -0.4 is 9.80 Å². The minimum atomic E-state index is -0.728. The minimum Gasteiger partial charge on any atom is -0.319 e. The van der Waals surface area contributed by atoms with E-state index >= 15 is 0 Å². The summed E-state index contributed by atoms with van der Waals surface area (Å²) >= 11 is 0. The molecule has 4 nitrogen and oxygen atoms in total. The Bertz CT molecular complexity index is 6560. The van der Waals surface area contributed by atoms with Crippen LogP contribution in [-0.4, -0.2) is 0 Å². The van der Waals surface area contributed by atoms with Gasteiger partial charge in [0.15, 0.2) is 0 Å². The van der Waals surface area contributed by atoms with E-state index in [1.807, 2.05) is 0 Å². The summed E-state index contributed by atoms with van der Waals surface area (Å²) in [5.41, 5.74) is 38.8. The first kappa shape index (κ1) is 66.9. The molecule has 117 heavy (non-hydrogen) atoms. The molecule has 0 radical (unpaired) electrons. The molecule has 17 aromatic rings. The monoisotopic (exact) mass is 1490 g/mol. The topological polar surface area (TPSA) is 34.6 Å². The molecule has 0 heterocycles. The van der Waals surface area contributed by atoms with Gasteiger partial charge in [0.1, 0.15) is 0 Å². The number of nitrogens with zero attached hydrogens (tertiary/aromatic N) is 4. The van der Waals surface area contributed by atoms with Crippen molar-refractivity contribution in [2.24, 2.45) is 5.41 Å². The summed E-state index contributed by atoms with van der Waals surface area (Å²) in [5.74, 6) is -1.29. The van der Waals surface area contributed by atoms with Crippen LogP contribution in [0.4, 0.5) is 39.8 Å². The molecule has 0 aromatic heterocycles. The molecular formula is C113H74N4. The van der Waals surface area contributed by atoms with Crippen LogP contribution in [0, 0.1) is 23.3 Å². The zero-order chi connectivity index (χ0) is 77.6. The van der Waals surface area contributed by atoms with E-state index in [0.29, 0.717) is 5.56 Å². The van der Waals surface area contributed by atoms with Crippen LogP contribution >= 0.6 is 0 Å². The van der Waals surface area contributed by atoms with Crippen molar-refractivity contribution in [3.05, 3.63) is 483 Å². The number of anilines is 6. The maximum atomic E-state index is 13.8. The fourth-order valence-corrected chi connectivity index (χ4v) is 23.6. The third kappa shape index (κ3) is 8.89. The molecule has 0 N–H and O–H groups in total. The molecule has 24 rings (SSSR count). The summed E-state index contributed by atoms with van der Waals surface area (Å²) in [7, 11) is 0. The SMILES string of the molecule is [C-]#[N+]c1c(C#N)c(N(c2ccc(-c3ccccc3)cc2)c2cccc3c2-c2ccccc2C32c3ccccc3-c3ccccc32)c2c(c1N(c1ccc(-c3ccccc3)cc1)c1cccc3c1-c1ccccc1C31c3ccccc3-c3ccccc31)C(C1c3ccccc3-c3ccccc31)C(C)(C)C2C1c2ccccc2-c2ccccc21. The Hall–Kier alpha value is -14.7. The highest BCUT2D eigenvalue weighted by molar-refractivity contribution is 6.09. The molecule has 0 bridgehead atoms. The third-order valence-electron chi connectivity index (χ3n) is 27.8. The van der Waals surface area contributed by atoms with Gasteiger partial charge >= 0.3 is 0 Å². The van der Waals surface area contributed by atoms with Gasteiger partial charge in [-0.15, -0.1) is 0 Å². The van der Waals surface area contributed by atoms with Gasteiger partial charge in [-0.3, -0.25) is 0 Å². The van der Waals surface area contributed by atoms with Crippen LogP contribution in [0.2, 0.25) is 0 Å². The van der Waals surface area contributed by atoms with E-state index in [1.54, 1.807) is 0 Å². The van der Waals surface area contributed by atoms with Crippen molar-refractivity contribution in [1.82, 2.24) is 0 Å². The van der Waals surface area contributed by atoms with Gasteiger partial charge in [-0.1, -0.05) is 366 Å². The Morgan fingerprint density at radius 3 is 0.897 bits per heavy atom. The standard InChI is InChI=1S/C113H74N4/c1-111(2)106(100-83-44-14-10-36-75(83)76-37-11-15-45-84(76)100)104-105(107(111)101-85-46-16-12-38-77(85)78-39-13-17-47-86(78)101)110(117(74-66-62-72(63-67-74)70-34-8-5-9-35-70)99-59-31-57-97-103(99)88-49-23-29-55-95(88)113(97)92-52-26-20-42-81(92)82-43-21-27-53-93(82)113)108(115-3)89(68-114)109(104)116(73-64-60-71(61-65-73)69-32-6-4-7-33-69)98-58-30-56-96-102(98)87-48-22-28-54-94(87)112(96)90-50-24-18-40-79(90)80-41-19-25-51-91(80)112/h4-67,100-101,106-107H,1-2H3. The van der Waals surface area contributed by atoms with Crippen LogP contribution in [0.1, 0.15) is 121 Å². The molecule has 7 aliphatic rings. The first-order chi connectivity index (χ1) is 57.8. The maximum Gasteiger partial charge on any atom is 0.230 e. The Kier molecular flexibility index (Phi) is 14.4. The average Bonchev–Trinajstić information content (AvgIpc) is 1.52. The molecule has 0 saturated carbocycles. The first-order valence-electron chi connectivity index (χ1n) is 41.0. The Labute approximate surface area is 682 Å². The first-order valence-corrected chi connectivity index (χ1v) is 41.0. The lowest BCUT2D eigenvalue weighted by atomic mass is 9.62. The zero-order valence-electron chi connectivity index (χ0n) is 64.5. The highest BCUT2D eigenvalue weighted by Crippen LogP contribution is 2.76. The Balaban J connectivity index is 0.895. The molecule has 7 aliphatic carbocycles. The van der Waals surface area contributed by atoms with Crippen molar-refractivity contribution >= 4 is 39.8 Å². The molecule has 4 heteroatoms. The summed E-state index contributed by atoms with van der Waals surface area (Å²) < 4.78 is 0. The number of fused-ring (bicyclic) bond motifs is 27. The predicted octanol–water partition coefficient (Wildman–Crippen LogP) is 28.9. The summed E-state index contributed by atoms with van der Waals surface area (Å²) in [6.07, 6.45) is 0. The molecule has 0 saturated heterocycles. The molecular weight excluding hydrogens is 1410 g/mol. The minimum absolute atomic E-state index is 0.255. The van der Waals surface area contributed by atoms with Gasteiger partial charge < -0.3 is 9.80 Å². The normalized spacial score (nSPS) is 15.9. The van der Waals surface area contributed by atoms with Crippen molar-refractivity contribution < 1.29 is 0 Å². The lowest BCUT2D eigenvalue weighted by Gasteiger charge is -2.41. The number of nitriles is 1. The van der Waals surface area contributed by atoms with Crippen LogP contribution in [0.3, 0.4) is 0 Å². The average molecular weight is 1490 g/mol. The molecule has 0 fully saturated rings. The smallest absolute Gasteiger partial charge is 0.230 e. The molecule has 0 amide bonds. The van der Waals surface area contributed by atoms with Crippen molar-refractivity contribution in [3.8, 4) is 95.1 Å². The van der Waals surface area contributed by atoms with E-state index in [-0.39, 0.29) is 17.5 Å². The fourth-order valence-electron chi connectivity index (χ4n) is 23.6. The van der Waals surface area contributed by atoms with Gasteiger partial charge in [-0.25, -0.2) is 4.85 Å². The largest absolute Gasteiger partial charge is 0.319 e. The van der Waals surface area contributed by atoms with Gasteiger partial charge in [-0.05, 0) is 198 Å². The number of benzene rings is 17. The second kappa shape index (κ2) is 25.2. The lowest BCUT2D eigenvalue weighted by Crippen LogP contribution is -2.30. The summed E-state index contributed by atoms with van der Waals surface area (Å²) in [6.45, 7) is 15.8. The Morgan fingerprint density at radius 1 is 0.282 bits per heavy atom. The number of rotatable bonds is 10. The van der Waals surface area contributed by atoms with E-state index in [0.717, 1.165) is 89.8 Å². The molecule has 0 aliphatic heterocycles. The van der Waals surface area contributed by atoms with Gasteiger partial charge in [-0.2, -0.15) is 5.26 Å². The molecule has 2 unspecified atom stereocenters. The highest BCUT2D eigenvalue weighted by atomic mass is 15.2. The van der Waals surface area contributed by atoms with Crippen LogP contribution in [0.15, 0.2) is 388 Å². The van der Waals surface area contributed by atoms with E-state index in [1.165, 1.54) is 111 Å². The highest BCUT2D eigenvalue weighted by Gasteiger charge is 2.61. The van der Waals surface area contributed by atoms with E-state index in [2.05, 4.69) is 418 Å². The molecule has 2 atom stereocenters. The molecule has 546 valence electrons. The number of hydrogen-bond donors (Lipinski definition) is 0. The van der Waals surface area contributed by atoms with Gasteiger partial charge in [0.25, 0.3) is 0 Å². The molecule has 17 aromatic carbocycles. The summed E-state index contributed by atoms with van der Waals surface area (Å²) in [6, 6.07) is 148. The summed E-state index contributed by atoms with van der Waals surface area (Å²) in [5, 5.41) is 13.8. The van der Waals surface area contributed by atoms with Crippen LogP contribution in [0.25, 0.3) is 93.9 Å². The fraction of sp³-hybridized carbons (Fsp3) is 0.0796. The number of hydrogen-bond acceptors (Lipinski definition) is 3. The van der Waals surface area contributed by atoms with Gasteiger partial charge in [0, 0.05) is 46.2 Å². The van der Waals surface area contributed by atoms with Crippen molar-refractivity contribution in [2.75, 3.05) is 9.80 Å². The third-order valence-corrected chi connectivity index (χ3v) is 27.8. The predicted molar refractivity (Wildman–Crippen MR) is 477 cm³/mol. The van der Waals surface area contributed by atoms with E-state index in [4.69, 9.17) is 4.85 Å². The van der Waals surface area contributed by atoms with E-state index < -0.39 is 28.1 Å². The van der Waals surface area contributed by atoms with E-state index in [9.17, 15) is 11.8 Å².